The molecule has 0 bridgehead atoms. The molecule has 0 unspecified atom stereocenters. The van der Waals surface area contributed by atoms with E-state index in [9.17, 15) is 4.79 Å². The summed E-state index contributed by atoms with van der Waals surface area (Å²) in [6.07, 6.45) is -0.606. The number of hydrogen-bond acceptors (Lipinski definition) is 5. The van der Waals surface area contributed by atoms with Gasteiger partial charge < -0.3 is 15.2 Å². The second-order valence-corrected chi connectivity index (χ2v) is 5.20. The highest BCUT2D eigenvalue weighted by Crippen LogP contribution is 2.08. The van der Waals surface area contributed by atoms with Crippen molar-refractivity contribution in [2.75, 3.05) is 12.8 Å². The highest BCUT2D eigenvalue weighted by atomic mass is 16.6. The van der Waals surface area contributed by atoms with Crippen LogP contribution in [0, 0.1) is 0 Å². The molecule has 0 aliphatic heterocycles. The van der Waals surface area contributed by atoms with Crippen molar-refractivity contribution in [1.29, 1.82) is 0 Å². The van der Waals surface area contributed by atoms with Gasteiger partial charge in [0.2, 0.25) is 0 Å². The van der Waals surface area contributed by atoms with E-state index in [2.05, 4.69) is 10.3 Å². The molecule has 0 aromatic heterocycles. The summed E-state index contributed by atoms with van der Waals surface area (Å²) in [6.45, 7) is 5.69. The average Bonchev–Trinajstić information content (AvgIpc) is 2.32. The third-order valence-corrected chi connectivity index (χ3v) is 2.16. The van der Waals surface area contributed by atoms with Crippen molar-refractivity contribution in [2.45, 2.75) is 32.9 Å². The molecule has 1 aromatic rings. The summed E-state index contributed by atoms with van der Waals surface area (Å²) in [7, 11) is 1.43. The van der Waals surface area contributed by atoms with E-state index in [1.807, 2.05) is 18.2 Å². The Bertz CT molecular complexity index is 493. The smallest absolute Gasteiger partial charge is 0.415 e. The number of amides is 1. The number of carbonyl (C=O) groups excluding carboxylic acids is 1. The van der Waals surface area contributed by atoms with Crippen LogP contribution < -0.4 is 11.1 Å². The molecule has 0 heterocycles. The molecule has 110 valence electrons. The van der Waals surface area contributed by atoms with E-state index < -0.39 is 11.7 Å². The molecule has 20 heavy (non-hydrogen) atoms. The van der Waals surface area contributed by atoms with Gasteiger partial charge in [-0.3, -0.25) is 0 Å². The fraction of sp³-hybridized carbons (Fsp3) is 0.429. The zero-order valence-corrected chi connectivity index (χ0v) is 12.3. The molecule has 1 amide bonds. The van der Waals surface area contributed by atoms with E-state index in [-0.39, 0.29) is 6.02 Å². The Kier molecular flexibility index (Phi) is 5.37. The maximum atomic E-state index is 11.6. The minimum atomic E-state index is -0.606. The SMILES string of the molecule is COC(=NCc1cccc(N)c1)NC(=O)OC(C)(C)C. The molecule has 0 atom stereocenters. The number of benzene rings is 1. The van der Waals surface area contributed by atoms with Gasteiger partial charge in [0.15, 0.2) is 0 Å². The van der Waals surface area contributed by atoms with Gasteiger partial charge in [-0.05, 0) is 38.5 Å². The molecular weight excluding hydrogens is 258 g/mol. The third kappa shape index (κ3) is 6.08. The number of rotatable bonds is 2. The number of anilines is 1. The Morgan fingerprint density at radius 1 is 1.40 bits per heavy atom. The largest absolute Gasteiger partial charge is 0.468 e. The van der Waals surface area contributed by atoms with Crippen molar-refractivity contribution in [3.05, 3.63) is 29.8 Å². The Balaban J connectivity index is 2.62. The van der Waals surface area contributed by atoms with Crippen LogP contribution in [0.2, 0.25) is 0 Å². The number of aliphatic imine (C=N–C) groups is 1. The topological polar surface area (TPSA) is 85.9 Å². The van der Waals surface area contributed by atoms with Crippen molar-refractivity contribution in [2.24, 2.45) is 4.99 Å². The van der Waals surface area contributed by atoms with Gasteiger partial charge >= 0.3 is 6.09 Å². The second-order valence-electron chi connectivity index (χ2n) is 5.20. The number of ether oxygens (including phenoxy) is 2. The standard InChI is InChI=1S/C14H21N3O3/c1-14(2,3)20-13(18)17-12(19-4)16-9-10-6-5-7-11(15)8-10/h5-8H,9,15H2,1-4H3,(H,16,17,18). The minimum Gasteiger partial charge on any atom is -0.468 e. The Morgan fingerprint density at radius 2 is 2.10 bits per heavy atom. The van der Waals surface area contributed by atoms with Gasteiger partial charge in [-0.2, -0.15) is 0 Å². The van der Waals surface area contributed by atoms with Crippen molar-refractivity contribution >= 4 is 17.8 Å². The number of nitrogens with one attached hydrogen (secondary N) is 1. The number of carbonyl (C=O) groups is 1. The maximum absolute atomic E-state index is 11.6. The fourth-order valence-electron chi connectivity index (χ4n) is 1.40. The number of nitrogen functional groups attached to an aromatic ring is 1. The van der Waals surface area contributed by atoms with E-state index in [1.165, 1.54) is 7.11 Å². The van der Waals surface area contributed by atoms with Crippen LogP contribution in [0.1, 0.15) is 26.3 Å². The first-order chi connectivity index (χ1) is 9.30. The molecule has 1 rings (SSSR count). The number of alkyl carbamates (subject to hydrolysis) is 1. The lowest BCUT2D eigenvalue weighted by Crippen LogP contribution is -2.37. The van der Waals surface area contributed by atoms with Crippen molar-refractivity contribution in [1.82, 2.24) is 5.32 Å². The van der Waals surface area contributed by atoms with Gasteiger partial charge in [-0.15, -0.1) is 0 Å². The quantitative estimate of drug-likeness (QED) is 0.494. The van der Waals surface area contributed by atoms with Crippen LogP contribution in [0.3, 0.4) is 0 Å². The summed E-state index contributed by atoms with van der Waals surface area (Å²) >= 11 is 0. The zero-order valence-electron chi connectivity index (χ0n) is 12.3. The fourth-order valence-corrected chi connectivity index (χ4v) is 1.40. The summed E-state index contributed by atoms with van der Waals surface area (Å²) in [6, 6.07) is 7.43. The highest BCUT2D eigenvalue weighted by molar-refractivity contribution is 5.90. The van der Waals surface area contributed by atoms with E-state index in [1.54, 1.807) is 26.8 Å². The molecule has 0 saturated heterocycles. The molecule has 6 heteroatoms. The molecule has 3 N–H and O–H groups in total. The Hall–Kier alpha value is -2.24. The molecule has 0 aliphatic rings. The predicted molar refractivity (Wildman–Crippen MR) is 78.4 cm³/mol. The molecule has 1 aromatic carbocycles. The van der Waals surface area contributed by atoms with Crippen LogP contribution in [-0.2, 0) is 16.0 Å². The van der Waals surface area contributed by atoms with Gasteiger partial charge in [-0.25, -0.2) is 15.1 Å². The second kappa shape index (κ2) is 6.79. The summed E-state index contributed by atoms with van der Waals surface area (Å²) in [5.74, 6) is 0. The van der Waals surface area contributed by atoms with Gasteiger partial charge in [0, 0.05) is 5.69 Å². The molecule has 6 nitrogen and oxygen atoms in total. The molecule has 0 radical (unpaired) electrons. The van der Waals surface area contributed by atoms with Crippen LogP contribution in [-0.4, -0.2) is 24.8 Å². The number of nitrogens with two attached hydrogens (primary N) is 1. The van der Waals surface area contributed by atoms with E-state index >= 15 is 0 Å². The summed E-state index contributed by atoms with van der Waals surface area (Å²) in [5, 5.41) is 2.44. The Morgan fingerprint density at radius 3 is 2.65 bits per heavy atom. The van der Waals surface area contributed by atoms with Crippen molar-refractivity contribution < 1.29 is 14.3 Å². The maximum Gasteiger partial charge on any atom is 0.415 e. The number of methoxy groups -OCH3 is 1. The van der Waals surface area contributed by atoms with Crippen LogP contribution in [0.25, 0.3) is 0 Å². The predicted octanol–water partition coefficient (Wildman–Crippen LogP) is 2.30. The number of hydrogen-bond donors (Lipinski definition) is 2. The molecule has 0 fully saturated rings. The molecule has 0 saturated carbocycles. The van der Waals surface area contributed by atoms with Gasteiger partial charge in [-0.1, -0.05) is 12.1 Å². The highest BCUT2D eigenvalue weighted by Gasteiger charge is 2.17. The monoisotopic (exact) mass is 279 g/mol. The first-order valence-corrected chi connectivity index (χ1v) is 6.23. The first kappa shape index (κ1) is 15.8. The lowest BCUT2D eigenvalue weighted by atomic mass is 10.2. The number of nitrogens with zero attached hydrogens (tertiary/aromatic N) is 1. The van der Waals surface area contributed by atoms with Crippen molar-refractivity contribution in [3.63, 3.8) is 0 Å². The molecule has 0 spiro atoms. The number of amidine groups is 1. The van der Waals surface area contributed by atoms with Gasteiger partial charge in [0.25, 0.3) is 6.02 Å². The van der Waals surface area contributed by atoms with Crippen LogP contribution in [0.5, 0.6) is 0 Å². The van der Waals surface area contributed by atoms with Crippen LogP contribution >= 0.6 is 0 Å². The zero-order chi connectivity index (χ0) is 15.2. The summed E-state index contributed by atoms with van der Waals surface area (Å²) in [4.78, 5) is 15.7. The first-order valence-electron chi connectivity index (χ1n) is 6.23. The van der Waals surface area contributed by atoms with Gasteiger partial charge in [0.05, 0.1) is 13.7 Å². The normalized spacial score (nSPS) is 11.9. The van der Waals surface area contributed by atoms with Crippen LogP contribution in [0.15, 0.2) is 29.3 Å². The Labute approximate surface area is 119 Å². The summed E-state index contributed by atoms with van der Waals surface area (Å²) in [5.41, 5.74) is 6.69. The molecular formula is C14H21N3O3. The van der Waals surface area contributed by atoms with Gasteiger partial charge in [0.1, 0.15) is 5.60 Å². The third-order valence-electron chi connectivity index (χ3n) is 2.16. The van der Waals surface area contributed by atoms with E-state index in [4.69, 9.17) is 15.2 Å². The lowest BCUT2D eigenvalue weighted by Gasteiger charge is -2.19. The lowest BCUT2D eigenvalue weighted by molar-refractivity contribution is 0.0551. The minimum absolute atomic E-state index is 0.0988. The average molecular weight is 279 g/mol. The van der Waals surface area contributed by atoms with E-state index in [0.717, 1.165) is 5.56 Å². The molecule has 0 aliphatic carbocycles. The van der Waals surface area contributed by atoms with Crippen LogP contribution in [0.4, 0.5) is 10.5 Å². The van der Waals surface area contributed by atoms with E-state index in [0.29, 0.717) is 12.2 Å². The summed E-state index contributed by atoms with van der Waals surface area (Å²) < 4.78 is 10.1. The van der Waals surface area contributed by atoms with Crippen molar-refractivity contribution in [3.8, 4) is 0 Å².